The Kier molecular flexibility index (Phi) is 8.85. The molecule has 7 heteroatoms. The SMILES string of the molecule is [2H]C1([2H])c2cc(C)c(C)cc2[C@@]2(C)N=C(c3[c-]c(Oc4[c-]c(N5c6ccc(C(C)(C)C)cc6Oc6cccnc65)cc(C)c4)cc(C(C)(C)C)c3)O[C@@]12C(C)(C)C.[Pt+2]. The second-order valence-corrected chi connectivity index (χ2v) is 18.7. The first-order valence-corrected chi connectivity index (χ1v) is 19.2. The first kappa shape index (κ1) is 37.2. The Morgan fingerprint density at radius 3 is 2.20 bits per heavy atom. The van der Waals surface area contributed by atoms with Crippen molar-refractivity contribution in [1.82, 2.24) is 4.98 Å². The van der Waals surface area contributed by atoms with Crippen molar-refractivity contribution in [3.8, 4) is 23.0 Å². The summed E-state index contributed by atoms with van der Waals surface area (Å²) in [6.07, 6.45) is -0.0727. The monoisotopic (exact) mass is 928 g/mol. The molecule has 2 aliphatic heterocycles. The molecular weight excluding hydrogens is 874 g/mol. The summed E-state index contributed by atoms with van der Waals surface area (Å²) in [6.45, 7) is 27.4. The Morgan fingerprint density at radius 2 is 1.50 bits per heavy atom. The summed E-state index contributed by atoms with van der Waals surface area (Å²) in [5, 5.41) is 0. The van der Waals surface area contributed by atoms with E-state index in [1.165, 1.54) is 5.56 Å². The van der Waals surface area contributed by atoms with Crippen LogP contribution in [-0.4, -0.2) is 16.5 Å². The second-order valence-electron chi connectivity index (χ2n) is 18.7. The van der Waals surface area contributed by atoms with E-state index in [4.69, 9.17) is 24.2 Å². The molecule has 3 heterocycles. The fraction of sp³-hybridized carbons (Fsp3) is 0.388. The van der Waals surface area contributed by atoms with Crippen LogP contribution in [0.5, 0.6) is 23.0 Å². The van der Waals surface area contributed by atoms with Crippen molar-refractivity contribution >= 4 is 23.1 Å². The van der Waals surface area contributed by atoms with Gasteiger partial charge in [-0.1, -0.05) is 111 Å². The minimum absolute atomic E-state index is 0. The van der Waals surface area contributed by atoms with E-state index in [0.29, 0.717) is 40.1 Å². The minimum atomic E-state index is -1.84. The van der Waals surface area contributed by atoms with Crippen LogP contribution in [0.4, 0.5) is 17.2 Å². The van der Waals surface area contributed by atoms with E-state index in [2.05, 4.69) is 95.8 Å². The van der Waals surface area contributed by atoms with Gasteiger partial charge in [-0.25, -0.2) is 4.98 Å². The number of nitrogens with zero attached hydrogens (tertiary/aromatic N) is 3. The van der Waals surface area contributed by atoms with Crippen molar-refractivity contribution in [3.05, 3.63) is 130 Å². The molecule has 1 aliphatic carbocycles. The van der Waals surface area contributed by atoms with Gasteiger partial charge in [-0.2, -0.15) is 5.56 Å². The average molecular weight is 929 g/mol. The van der Waals surface area contributed by atoms with Crippen LogP contribution in [-0.2, 0) is 48.5 Å². The molecule has 0 bridgehead atoms. The van der Waals surface area contributed by atoms with Crippen LogP contribution >= 0.6 is 0 Å². The zero-order chi connectivity index (χ0) is 41.2. The number of aromatic nitrogens is 1. The molecule has 0 N–H and O–H groups in total. The first-order chi connectivity index (χ1) is 26.4. The van der Waals surface area contributed by atoms with E-state index >= 15 is 0 Å². The van der Waals surface area contributed by atoms with Crippen molar-refractivity contribution < 1.29 is 38.0 Å². The van der Waals surface area contributed by atoms with Gasteiger partial charge in [0.05, 0.1) is 5.69 Å². The van der Waals surface area contributed by atoms with Crippen molar-refractivity contribution in [2.45, 2.75) is 118 Å². The maximum Gasteiger partial charge on any atom is 2.00 e. The van der Waals surface area contributed by atoms with Crippen molar-refractivity contribution in [2.24, 2.45) is 10.4 Å². The van der Waals surface area contributed by atoms with E-state index in [1.807, 2.05) is 77.9 Å². The van der Waals surface area contributed by atoms with Gasteiger partial charge in [0.1, 0.15) is 17.0 Å². The molecule has 1 aromatic heterocycles. The van der Waals surface area contributed by atoms with Gasteiger partial charge in [-0.15, -0.1) is 29.8 Å². The Bertz CT molecular complexity index is 2510. The number of ether oxygens (including phenoxy) is 3. The van der Waals surface area contributed by atoms with Crippen LogP contribution in [0.3, 0.4) is 0 Å². The van der Waals surface area contributed by atoms with Crippen LogP contribution in [0.25, 0.3) is 0 Å². The molecule has 2 atom stereocenters. The zero-order valence-electron chi connectivity index (χ0n) is 36.8. The quantitative estimate of drug-likeness (QED) is 0.165. The number of pyridine rings is 1. The summed E-state index contributed by atoms with van der Waals surface area (Å²) in [4.78, 5) is 12.2. The molecule has 0 spiro atoms. The first-order valence-electron chi connectivity index (χ1n) is 20.2. The summed E-state index contributed by atoms with van der Waals surface area (Å²) >= 11 is 0. The minimum Gasteiger partial charge on any atom is -0.510 e. The Labute approximate surface area is 350 Å². The molecule has 5 aromatic rings. The molecule has 0 saturated carbocycles. The number of rotatable bonds is 4. The molecule has 3 aliphatic rings. The van der Waals surface area contributed by atoms with Gasteiger partial charge >= 0.3 is 21.1 Å². The molecule has 0 radical (unpaired) electrons. The molecule has 292 valence electrons. The van der Waals surface area contributed by atoms with Gasteiger partial charge in [-0.05, 0) is 83.7 Å². The predicted octanol–water partition coefficient (Wildman–Crippen LogP) is 12.6. The molecule has 0 amide bonds. The fourth-order valence-electron chi connectivity index (χ4n) is 8.10. The van der Waals surface area contributed by atoms with Gasteiger partial charge in [0.2, 0.25) is 0 Å². The van der Waals surface area contributed by atoms with Gasteiger partial charge in [-0.3, -0.25) is 4.99 Å². The third-order valence-corrected chi connectivity index (χ3v) is 11.4. The topological polar surface area (TPSA) is 56.2 Å². The van der Waals surface area contributed by atoms with Gasteiger partial charge < -0.3 is 19.1 Å². The van der Waals surface area contributed by atoms with Crippen LogP contribution < -0.4 is 14.4 Å². The third-order valence-electron chi connectivity index (χ3n) is 11.4. The Hall–Kier alpha value is -4.41. The molecule has 6 nitrogen and oxygen atoms in total. The summed E-state index contributed by atoms with van der Waals surface area (Å²) in [6, 6.07) is 29.4. The standard InChI is InChI=1S/C49H53N3O3.Pt/c1-29-19-36(52-40-17-16-34(45(4,5)6)26-42(40)54-41-15-14-18-50-43(41)52)27-37(20-29)53-38-24-32(23-35(25-38)46(7,8)9)44-51-48(13)39-22-31(3)30(2)21-33(39)28-49(48,55-44)47(10,11)12;/h14-23,25-26H,28H2,1-13H3;/q-2;+2/t48-,49-;/m1./s1/i28D2;. The summed E-state index contributed by atoms with van der Waals surface area (Å²) in [7, 11) is 0. The van der Waals surface area contributed by atoms with Crippen molar-refractivity contribution in [1.29, 1.82) is 0 Å². The molecule has 56 heavy (non-hydrogen) atoms. The van der Waals surface area contributed by atoms with Gasteiger partial charge in [0.25, 0.3) is 0 Å². The van der Waals surface area contributed by atoms with E-state index in [1.54, 1.807) is 6.20 Å². The molecule has 4 aromatic carbocycles. The number of aliphatic imine (C=N–C) groups is 1. The smallest absolute Gasteiger partial charge is 0.510 e. The number of aryl methyl sites for hydroxylation is 3. The predicted molar refractivity (Wildman–Crippen MR) is 222 cm³/mol. The molecule has 0 saturated heterocycles. The van der Waals surface area contributed by atoms with Crippen LogP contribution in [0.15, 0.2) is 77.9 Å². The fourth-order valence-corrected chi connectivity index (χ4v) is 8.10. The number of fused-ring (bicyclic) bond motifs is 5. The number of hydrogen-bond donors (Lipinski definition) is 0. The Morgan fingerprint density at radius 1 is 0.804 bits per heavy atom. The third kappa shape index (κ3) is 6.46. The molecule has 0 fully saturated rings. The largest absolute Gasteiger partial charge is 2.00 e. The van der Waals surface area contributed by atoms with Gasteiger partial charge in [0.15, 0.2) is 17.3 Å². The molecule has 0 unspecified atom stereocenters. The Balaban J connectivity index is 0.00000512. The van der Waals surface area contributed by atoms with Crippen LogP contribution in [0, 0.1) is 38.3 Å². The van der Waals surface area contributed by atoms with E-state index in [9.17, 15) is 2.74 Å². The number of benzene rings is 4. The second kappa shape index (κ2) is 13.3. The van der Waals surface area contributed by atoms with Crippen LogP contribution in [0.2, 0.25) is 0 Å². The zero-order valence-corrected chi connectivity index (χ0v) is 37.1. The summed E-state index contributed by atoms with van der Waals surface area (Å²) < 4.78 is 39.7. The summed E-state index contributed by atoms with van der Waals surface area (Å²) in [5.74, 6) is 3.42. The van der Waals surface area contributed by atoms with Crippen LogP contribution in [0.1, 0.15) is 116 Å². The molecular formula is C49H53N3O3Pt. The maximum absolute atomic E-state index is 9.74. The van der Waals surface area contributed by atoms with E-state index < -0.39 is 22.9 Å². The number of anilines is 3. The normalized spacial score (nSPS) is 21.2. The van der Waals surface area contributed by atoms with E-state index in [0.717, 1.165) is 44.9 Å². The summed E-state index contributed by atoms with van der Waals surface area (Å²) in [5.41, 5.74) is 5.73. The van der Waals surface area contributed by atoms with Crippen molar-refractivity contribution in [3.63, 3.8) is 0 Å². The van der Waals surface area contributed by atoms with Gasteiger partial charge in [0, 0.05) is 32.2 Å². The molecule has 8 rings (SSSR count). The van der Waals surface area contributed by atoms with E-state index in [-0.39, 0.29) is 31.9 Å². The maximum atomic E-state index is 9.74. The van der Waals surface area contributed by atoms with Crippen molar-refractivity contribution in [2.75, 3.05) is 4.90 Å². The average Bonchev–Trinajstić information content (AvgIpc) is 3.52. The number of hydrogen-bond acceptors (Lipinski definition) is 6.